The van der Waals surface area contributed by atoms with Crippen molar-refractivity contribution >= 4 is 11.3 Å². The second kappa shape index (κ2) is 6.10. The number of nitrogens with one attached hydrogen (secondary N) is 1. The van der Waals surface area contributed by atoms with E-state index in [1.165, 1.54) is 21.7 Å². The van der Waals surface area contributed by atoms with Crippen LogP contribution >= 0.6 is 11.3 Å². The number of hydrogen-bond donors (Lipinski definition) is 1. The Morgan fingerprint density at radius 3 is 2.65 bits per heavy atom. The van der Waals surface area contributed by atoms with Gasteiger partial charge in [-0.15, -0.1) is 11.3 Å². The predicted molar refractivity (Wildman–Crippen MR) is 86.1 cm³/mol. The topological polar surface area (TPSA) is 29.9 Å². The zero-order valence-corrected chi connectivity index (χ0v) is 14.0. The molecule has 3 nitrogen and oxygen atoms in total. The Hall–Kier alpha value is -1.13. The van der Waals surface area contributed by atoms with Crippen molar-refractivity contribution in [3.63, 3.8) is 0 Å². The van der Waals surface area contributed by atoms with Crippen LogP contribution in [0, 0.1) is 0 Å². The van der Waals surface area contributed by atoms with Crippen LogP contribution in [-0.4, -0.2) is 9.78 Å². The van der Waals surface area contributed by atoms with Crippen molar-refractivity contribution in [2.75, 3.05) is 0 Å². The molecule has 2 rings (SSSR count). The molecule has 2 aromatic rings. The molecule has 0 spiro atoms. The molecule has 2 heterocycles. The summed E-state index contributed by atoms with van der Waals surface area (Å²) < 4.78 is 1.92. The summed E-state index contributed by atoms with van der Waals surface area (Å²) in [6.07, 6.45) is 3.24. The number of hydrogen-bond acceptors (Lipinski definition) is 3. The molecule has 0 radical (unpaired) electrons. The predicted octanol–water partition coefficient (Wildman–Crippen LogP) is 3.63. The SMILES string of the molecule is CCc1ccsc1CNCc1cn(C)nc1C(C)(C)C. The van der Waals surface area contributed by atoms with Crippen molar-refractivity contribution in [2.24, 2.45) is 7.05 Å². The molecule has 0 amide bonds. The average Bonchev–Trinajstić information content (AvgIpc) is 2.95. The highest BCUT2D eigenvalue weighted by Gasteiger charge is 2.21. The first-order chi connectivity index (χ1) is 9.41. The third-order valence-electron chi connectivity index (χ3n) is 3.43. The molecule has 0 aliphatic rings. The molecule has 110 valence electrons. The van der Waals surface area contributed by atoms with Crippen LogP contribution in [0.5, 0.6) is 0 Å². The third-order valence-corrected chi connectivity index (χ3v) is 4.40. The third kappa shape index (κ3) is 3.49. The van der Waals surface area contributed by atoms with Crippen LogP contribution in [0.2, 0.25) is 0 Å². The first-order valence-corrected chi connectivity index (χ1v) is 8.08. The van der Waals surface area contributed by atoms with E-state index in [1.54, 1.807) is 0 Å². The Morgan fingerprint density at radius 1 is 1.25 bits per heavy atom. The van der Waals surface area contributed by atoms with Gasteiger partial charge >= 0.3 is 0 Å². The minimum atomic E-state index is 0.0930. The van der Waals surface area contributed by atoms with Crippen LogP contribution in [0.15, 0.2) is 17.6 Å². The van der Waals surface area contributed by atoms with Crippen molar-refractivity contribution in [3.05, 3.63) is 39.3 Å². The van der Waals surface area contributed by atoms with Gasteiger partial charge in [0.25, 0.3) is 0 Å². The van der Waals surface area contributed by atoms with Crippen molar-refractivity contribution in [1.82, 2.24) is 15.1 Å². The summed E-state index contributed by atoms with van der Waals surface area (Å²) >= 11 is 1.84. The summed E-state index contributed by atoms with van der Waals surface area (Å²) in [5, 5.41) is 10.4. The number of aromatic nitrogens is 2. The molecule has 20 heavy (non-hydrogen) atoms. The van der Waals surface area contributed by atoms with Gasteiger partial charge in [0.05, 0.1) is 5.69 Å². The van der Waals surface area contributed by atoms with Gasteiger partial charge in [-0.1, -0.05) is 27.7 Å². The first kappa shape index (κ1) is 15.3. The zero-order valence-electron chi connectivity index (χ0n) is 13.2. The Morgan fingerprint density at radius 2 is 2.00 bits per heavy atom. The Labute approximate surface area is 126 Å². The molecule has 0 atom stereocenters. The minimum absolute atomic E-state index is 0.0930. The van der Waals surface area contributed by atoms with Crippen molar-refractivity contribution < 1.29 is 0 Å². The normalized spacial score (nSPS) is 12.1. The van der Waals surface area contributed by atoms with Crippen molar-refractivity contribution in [3.8, 4) is 0 Å². The van der Waals surface area contributed by atoms with Crippen molar-refractivity contribution in [2.45, 2.75) is 52.6 Å². The number of thiophene rings is 1. The van der Waals surface area contributed by atoms with Gasteiger partial charge in [0.2, 0.25) is 0 Å². The standard InChI is InChI=1S/C16H25N3S/c1-6-12-7-8-20-14(12)10-17-9-13-11-19(5)18-15(13)16(2,3)4/h7-8,11,17H,6,9-10H2,1-5H3. The molecular weight excluding hydrogens is 266 g/mol. The fraction of sp³-hybridized carbons (Fsp3) is 0.562. The number of rotatable bonds is 5. The fourth-order valence-corrected chi connectivity index (χ4v) is 3.39. The van der Waals surface area contributed by atoms with Crippen LogP contribution in [0.25, 0.3) is 0 Å². The van der Waals surface area contributed by atoms with E-state index in [0.717, 1.165) is 19.5 Å². The highest BCUT2D eigenvalue weighted by molar-refractivity contribution is 7.10. The van der Waals surface area contributed by atoms with Crippen LogP contribution in [0.1, 0.15) is 49.4 Å². The second-order valence-corrected chi connectivity index (χ2v) is 7.25. The van der Waals surface area contributed by atoms with Gasteiger partial charge in [-0.3, -0.25) is 4.68 Å². The maximum atomic E-state index is 4.61. The lowest BCUT2D eigenvalue weighted by molar-refractivity contribution is 0.543. The highest BCUT2D eigenvalue weighted by atomic mass is 32.1. The number of aryl methyl sites for hydroxylation is 2. The van der Waals surface area contributed by atoms with Gasteiger partial charge in [-0.2, -0.15) is 5.10 Å². The minimum Gasteiger partial charge on any atom is -0.308 e. The maximum absolute atomic E-state index is 4.61. The summed E-state index contributed by atoms with van der Waals surface area (Å²) in [5.41, 5.74) is 4.05. The summed E-state index contributed by atoms with van der Waals surface area (Å²) in [4.78, 5) is 1.45. The van der Waals surface area contributed by atoms with E-state index in [4.69, 9.17) is 0 Å². The largest absolute Gasteiger partial charge is 0.308 e. The molecule has 0 aromatic carbocycles. The van der Waals surface area contributed by atoms with Gasteiger partial charge in [0.1, 0.15) is 0 Å². The molecule has 4 heteroatoms. The van der Waals surface area contributed by atoms with Gasteiger partial charge in [0, 0.05) is 42.2 Å². The van der Waals surface area contributed by atoms with Crippen LogP contribution < -0.4 is 5.32 Å². The van der Waals surface area contributed by atoms with E-state index >= 15 is 0 Å². The van der Waals surface area contributed by atoms with Crippen molar-refractivity contribution in [1.29, 1.82) is 0 Å². The van der Waals surface area contributed by atoms with Gasteiger partial charge in [-0.05, 0) is 23.4 Å². The summed E-state index contributed by atoms with van der Waals surface area (Å²) in [6.45, 7) is 10.7. The molecule has 0 saturated heterocycles. The van der Waals surface area contributed by atoms with E-state index < -0.39 is 0 Å². The molecule has 1 N–H and O–H groups in total. The molecule has 0 aliphatic heterocycles. The molecule has 2 aromatic heterocycles. The highest BCUT2D eigenvalue weighted by Crippen LogP contribution is 2.24. The fourth-order valence-electron chi connectivity index (χ4n) is 2.45. The van der Waals surface area contributed by atoms with Crippen LogP contribution in [-0.2, 0) is 32.0 Å². The first-order valence-electron chi connectivity index (χ1n) is 7.20. The lowest BCUT2D eigenvalue weighted by atomic mass is 9.89. The quantitative estimate of drug-likeness (QED) is 0.911. The molecule has 0 aliphatic carbocycles. The van der Waals surface area contributed by atoms with E-state index in [0.29, 0.717) is 0 Å². The average molecular weight is 291 g/mol. The molecule has 0 bridgehead atoms. The lowest BCUT2D eigenvalue weighted by Gasteiger charge is -2.17. The van der Waals surface area contributed by atoms with E-state index in [1.807, 2.05) is 23.1 Å². The van der Waals surface area contributed by atoms with Gasteiger partial charge in [0.15, 0.2) is 0 Å². The maximum Gasteiger partial charge on any atom is 0.0722 e. The summed E-state index contributed by atoms with van der Waals surface area (Å²) in [5.74, 6) is 0. The van der Waals surface area contributed by atoms with Crippen LogP contribution in [0.4, 0.5) is 0 Å². The summed E-state index contributed by atoms with van der Waals surface area (Å²) in [6, 6.07) is 2.23. The smallest absolute Gasteiger partial charge is 0.0722 e. The van der Waals surface area contributed by atoms with Gasteiger partial charge < -0.3 is 5.32 Å². The van der Waals surface area contributed by atoms with Crippen LogP contribution in [0.3, 0.4) is 0 Å². The molecular formula is C16H25N3S. The Balaban J connectivity index is 2.01. The van der Waals surface area contributed by atoms with E-state index in [2.05, 4.69) is 55.8 Å². The zero-order chi connectivity index (χ0) is 14.8. The Bertz CT molecular complexity index is 561. The van der Waals surface area contributed by atoms with E-state index in [9.17, 15) is 0 Å². The Kier molecular flexibility index (Phi) is 4.66. The second-order valence-electron chi connectivity index (χ2n) is 6.25. The monoisotopic (exact) mass is 291 g/mol. The molecule has 0 saturated carbocycles. The van der Waals surface area contributed by atoms with Gasteiger partial charge in [-0.25, -0.2) is 0 Å². The molecule has 0 unspecified atom stereocenters. The van der Waals surface area contributed by atoms with E-state index in [-0.39, 0.29) is 5.41 Å². The lowest BCUT2D eigenvalue weighted by Crippen LogP contribution is -2.19. The summed E-state index contributed by atoms with van der Waals surface area (Å²) in [7, 11) is 1.99. The molecule has 0 fully saturated rings. The number of nitrogens with zero attached hydrogens (tertiary/aromatic N) is 2.